The lowest BCUT2D eigenvalue weighted by Gasteiger charge is -2.36. The molecule has 11 heteroatoms. The first-order chi connectivity index (χ1) is 19.6. The number of piperidine rings is 1. The van der Waals surface area contributed by atoms with Gasteiger partial charge in [0.05, 0.1) is 5.56 Å². The first-order valence-electron chi connectivity index (χ1n) is 15.0. The Morgan fingerprint density at radius 2 is 1.74 bits per heavy atom. The number of anilines is 2. The molecule has 2 aromatic rings. The number of nitrogens with one attached hydrogen (secondary N) is 2. The number of likely N-dealkylation sites (tertiary alicyclic amines) is 1. The number of hydrogen-bond acceptors (Lipinski definition) is 8. The zero-order valence-corrected chi connectivity index (χ0v) is 26.4. The average molecular weight is 597 g/mol. The summed E-state index contributed by atoms with van der Waals surface area (Å²) in [5.41, 5.74) is 0.545. The molecule has 1 unspecified atom stereocenters. The number of fused-ring (bicyclic) bond motifs is 6. The molecule has 2 N–H and O–H groups in total. The molecule has 5 rings (SSSR count). The topological polar surface area (TPSA) is 125 Å². The molecular formula is C31H44N6O4S. The molecule has 0 aliphatic carbocycles. The Labute approximate surface area is 249 Å². The van der Waals surface area contributed by atoms with Gasteiger partial charge in [-0.25, -0.2) is 14.7 Å². The molecule has 2 saturated heterocycles. The summed E-state index contributed by atoms with van der Waals surface area (Å²) in [6, 6.07) is 8.39. The van der Waals surface area contributed by atoms with Gasteiger partial charge in [-0.3, -0.25) is 9.59 Å². The van der Waals surface area contributed by atoms with Crippen molar-refractivity contribution in [3.8, 4) is 0 Å². The molecule has 0 spiro atoms. The van der Waals surface area contributed by atoms with E-state index in [0.29, 0.717) is 23.5 Å². The van der Waals surface area contributed by atoms with E-state index < -0.39 is 15.9 Å². The Morgan fingerprint density at radius 3 is 2.40 bits per heavy atom. The first-order valence-corrected chi connectivity index (χ1v) is 16.5. The van der Waals surface area contributed by atoms with E-state index in [4.69, 9.17) is 4.98 Å². The molecule has 5 heterocycles. The average Bonchev–Trinajstić information content (AvgIpc) is 3.23. The second kappa shape index (κ2) is 11.1. The lowest BCUT2D eigenvalue weighted by atomic mass is 9.84. The summed E-state index contributed by atoms with van der Waals surface area (Å²) in [6.07, 6.45) is 4.53. The van der Waals surface area contributed by atoms with Gasteiger partial charge in [-0.15, -0.1) is 0 Å². The van der Waals surface area contributed by atoms with Crippen molar-refractivity contribution >= 4 is 33.5 Å². The highest BCUT2D eigenvalue weighted by molar-refractivity contribution is 7.90. The first kappa shape index (κ1) is 30.3. The number of nitrogens with zero attached hydrogens (tertiary/aromatic N) is 4. The minimum atomic E-state index is -4.25. The molecule has 42 heavy (non-hydrogen) atoms. The third kappa shape index (κ3) is 6.26. The summed E-state index contributed by atoms with van der Waals surface area (Å²) in [5, 5.41) is 3.34. The van der Waals surface area contributed by atoms with E-state index in [1.165, 1.54) is 6.07 Å². The van der Waals surface area contributed by atoms with Gasteiger partial charge >= 0.3 is 0 Å². The van der Waals surface area contributed by atoms with Crippen LogP contribution in [0.15, 0.2) is 35.4 Å². The minimum Gasteiger partial charge on any atom is -0.367 e. The molecule has 0 saturated carbocycles. The summed E-state index contributed by atoms with van der Waals surface area (Å²) < 4.78 is 29.1. The zero-order valence-electron chi connectivity index (χ0n) is 25.6. The van der Waals surface area contributed by atoms with Crippen LogP contribution in [0, 0.1) is 11.8 Å². The van der Waals surface area contributed by atoms with E-state index in [1.54, 1.807) is 25.1 Å². The highest BCUT2D eigenvalue weighted by Gasteiger charge is 2.42. The maximum atomic E-state index is 13.6. The normalized spacial score (nSPS) is 24.6. The summed E-state index contributed by atoms with van der Waals surface area (Å²) in [4.78, 5) is 39.1. The van der Waals surface area contributed by atoms with Gasteiger partial charge in [0.15, 0.2) is 5.03 Å². The van der Waals surface area contributed by atoms with Crippen LogP contribution in [-0.4, -0.2) is 66.3 Å². The second-order valence-corrected chi connectivity index (χ2v) is 15.4. The third-order valence-electron chi connectivity index (χ3n) is 9.10. The molecule has 2 fully saturated rings. The van der Waals surface area contributed by atoms with Gasteiger partial charge in [-0.1, -0.05) is 26.8 Å². The quantitative estimate of drug-likeness (QED) is 0.499. The van der Waals surface area contributed by atoms with Crippen molar-refractivity contribution in [1.82, 2.24) is 19.6 Å². The van der Waals surface area contributed by atoms with Crippen molar-refractivity contribution in [1.29, 1.82) is 0 Å². The van der Waals surface area contributed by atoms with Gasteiger partial charge in [0.2, 0.25) is 5.91 Å². The number of amides is 2. The van der Waals surface area contributed by atoms with Crippen molar-refractivity contribution in [2.24, 2.45) is 11.8 Å². The predicted octanol–water partition coefficient (Wildman–Crippen LogP) is 4.33. The molecule has 0 radical (unpaired) electrons. The monoisotopic (exact) mass is 596 g/mol. The molecular weight excluding hydrogens is 552 g/mol. The Bertz CT molecular complexity index is 1460. The van der Waals surface area contributed by atoms with E-state index in [9.17, 15) is 18.0 Å². The van der Waals surface area contributed by atoms with Crippen LogP contribution in [0.5, 0.6) is 0 Å². The highest BCUT2D eigenvalue weighted by Crippen LogP contribution is 2.41. The lowest BCUT2D eigenvalue weighted by Crippen LogP contribution is -2.42. The van der Waals surface area contributed by atoms with E-state index in [1.807, 2.05) is 11.0 Å². The molecule has 2 aromatic heterocycles. The maximum absolute atomic E-state index is 13.6. The molecule has 2 atom stereocenters. The van der Waals surface area contributed by atoms with E-state index in [-0.39, 0.29) is 33.5 Å². The number of hydrogen-bond donors (Lipinski definition) is 2. The van der Waals surface area contributed by atoms with Gasteiger partial charge in [0, 0.05) is 49.2 Å². The molecule has 4 bridgehead atoms. The Balaban J connectivity index is 1.55. The van der Waals surface area contributed by atoms with Crippen molar-refractivity contribution in [2.75, 3.05) is 29.9 Å². The van der Waals surface area contributed by atoms with Gasteiger partial charge in [-0.2, -0.15) is 8.42 Å². The fourth-order valence-electron chi connectivity index (χ4n) is 6.72. The van der Waals surface area contributed by atoms with Crippen LogP contribution in [0.3, 0.4) is 0 Å². The van der Waals surface area contributed by atoms with Crippen LogP contribution in [0.4, 0.5) is 11.6 Å². The van der Waals surface area contributed by atoms with Crippen molar-refractivity contribution < 1.29 is 18.0 Å². The van der Waals surface area contributed by atoms with E-state index in [0.717, 1.165) is 57.4 Å². The summed E-state index contributed by atoms with van der Waals surface area (Å²) >= 11 is 0. The second-order valence-electron chi connectivity index (χ2n) is 13.8. The van der Waals surface area contributed by atoms with Crippen LogP contribution in [0.1, 0.15) is 89.7 Å². The molecule has 10 nitrogen and oxygen atoms in total. The predicted molar refractivity (Wildman–Crippen MR) is 163 cm³/mol. The van der Waals surface area contributed by atoms with Gasteiger partial charge in [-0.05, 0) is 82.1 Å². The molecule has 3 aliphatic heterocycles. The number of carbonyl (C=O) groups is 2. The fraction of sp³-hybridized carbons (Fsp3) is 0.613. The SMILES string of the molecule is CC(=O)N1CCC(C2CC[C@@H]3CN(c4nc(C(C)(C)C)ccc4C(=O)NS(=O)(=O)c4cccc(n4)N2)C(C)(C)C3)CC1. The Morgan fingerprint density at radius 1 is 1.02 bits per heavy atom. The van der Waals surface area contributed by atoms with Crippen molar-refractivity contribution in [3.63, 3.8) is 0 Å². The zero-order chi connectivity index (χ0) is 30.4. The summed E-state index contributed by atoms with van der Waals surface area (Å²) in [5.74, 6) is 1.05. The minimum absolute atomic E-state index is 0.0688. The van der Waals surface area contributed by atoms with E-state index >= 15 is 0 Å². The summed E-state index contributed by atoms with van der Waals surface area (Å²) in [6.45, 7) is 14.3. The Hall–Kier alpha value is -3.21. The number of aromatic nitrogens is 2. The molecule has 0 aromatic carbocycles. The van der Waals surface area contributed by atoms with Crippen LogP contribution >= 0.6 is 0 Å². The van der Waals surface area contributed by atoms with Gasteiger partial charge in [0.25, 0.3) is 15.9 Å². The van der Waals surface area contributed by atoms with E-state index in [2.05, 4.69) is 54.5 Å². The summed E-state index contributed by atoms with van der Waals surface area (Å²) in [7, 11) is -4.25. The smallest absolute Gasteiger partial charge is 0.281 e. The Kier molecular flexibility index (Phi) is 8.02. The van der Waals surface area contributed by atoms with Crippen LogP contribution in [0.2, 0.25) is 0 Å². The van der Waals surface area contributed by atoms with Crippen molar-refractivity contribution in [3.05, 3.63) is 41.6 Å². The van der Waals surface area contributed by atoms with Crippen LogP contribution < -0.4 is 14.9 Å². The number of carbonyl (C=O) groups excluding carboxylic acids is 2. The number of pyridine rings is 2. The molecule has 228 valence electrons. The molecule has 2 amide bonds. The lowest BCUT2D eigenvalue weighted by molar-refractivity contribution is -0.130. The van der Waals surface area contributed by atoms with Crippen molar-refractivity contribution in [2.45, 2.75) is 95.7 Å². The van der Waals surface area contributed by atoms with Gasteiger partial charge in [0.1, 0.15) is 11.6 Å². The fourth-order valence-corrected chi connectivity index (χ4v) is 7.66. The number of sulfonamides is 1. The highest BCUT2D eigenvalue weighted by atomic mass is 32.2. The molecule has 3 aliphatic rings. The largest absolute Gasteiger partial charge is 0.367 e. The van der Waals surface area contributed by atoms with Crippen LogP contribution in [-0.2, 0) is 20.2 Å². The third-order valence-corrected chi connectivity index (χ3v) is 10.3. The maximum Gasteiger partial charge on any atom is 0.281 e. The number of rotatable bonds is 1. The standard InChI is InChI=1S/C31H44N6O4S/c1-20(38)36-16-14-22(15-17-36)24-12-10-21-18-31(5,6)37(19-21)28-23(11-13-25(33-28)30(2,3)4)29(39)35-42(40,41)27-9-7-8-26(32-24)34-27/h7-9,11,13,21-22,24H,10,12,14-19H2,1-6H3,(H,32,34)(H,35,39)/t21-,24?/m0/s1. The van der Waals surface area contributed by atoms with Gasteiger partial charge < -0.3 is 15.1 Å². The van der Waals surface area contributed by atoms with Crippen LogP contribution in [0.25, 0.3) is 0 Å².